The van der Waals surface area contributed by atoms with Crippen LogP contribution >= 0.6 is 0 Å². The number of nitrogens with one attached hydrogen (secondary N) is 2. The van der Waals surface area contributed by atoms with Crippen molar-refractivity contribution in [3.63, 3.8) is 0 Å². The Morgan fingerprint density at radius 3 is 2.52 bits per heavy atom. The van der Waals surface area contributed by atoms with Gasteiger partial charge in [0.2, 0.25) is 0 Å². The van der Waals surface area contributed by atoms with Gasteiger partial charge in [0.05, 0.1) is 12.4 Å². The maximum absolute atomic E-state index is 12.5. The van der Waals surface area contributed by atoms with E-state index in [0.29, 0.717) is 11.5 Å². The lowest BCUT2D eigenvalue weighted by Gasteiger charge is -2.12. The van der Waals surface area contributed by atoms with Gasteiger partial charge in [0, 0.05) is 12.2 Å². The molecule has 0 atom stereocenters. The largest absolute Gasteiger partial charge is 0.368 e. The molecule has 2 aromatic carbocycles. The van der Waals surface area contributed by atoms with Crippen LogP contribution in [0.1, 0.15) is 34.1 Å². The second-order valence-corrected chi connectivity index (χ2v) is 6.37. The van der Waals surface area contributed by atoms with E-state index in [1.165, 1.54) is 11.8 Å². The molecule has 0 unspecified atom stereocenters. The van der Waals surface area contributed by atoms with E-state index in [0.717, 1.165) is 36.2 Å². The maximum atomic E-state index is 12.5. The summed E-state index contributed by atoms with van der Waals surface area (Å²) < 4.78 is 0. The zero-order valence-electron chi connectivity index (χ0n) is 15.7. The molecule has 0 aliphatic rings. The SMILES string of the molecule is CCc1cccc(C)c1NC(=O)c1cnc(NCCc2ccccc2)cn1. The van der Waals surface area contributed by atoms with Crippen LogP contribution in [0.4, 0.5) is 11.5 Å². The first kappa shape index (κ1) is 18.6. The summed E-state index contributed by atoms with van der Waals surface area (Å²) in [5.41, 5.74) is 4.56. The highest BCUT2D eigenvalue weighted by atomic mass is 16.1. The molecule has 3 aromatic rings. The maximum Gasteiger partial charge on any atom is 0.275 e. The Morgan fingerprint density at radius 1 is 1.00 bits per heavy atom. The third kappa shape index (κ3) is 4.91. The highest BCUT2D eigenvalue weighted by Crippen LogP contribution is 2.21. The minimum Gasteiger partial charge on any atom is -0.368 e. The van der Waals surface area contributed by atoms with Gasteiger partial charge in [-0.15, -0.1) is 0 Å². The molecule has 2 N–H and O–H groups in total. The molecule has 0 saturated carbocycles. The molecule has 5 heteroatoms. The first-order chi connectivity index (χ1) is 13.2. The van der Waals surface area contributed by atoms with Crippen molar-refractivity contribution in [2.24, 2.45) is 0 Å². The average Bonchev–Trinajstić information content (AvgIpc) is 2.71. The molecule has 0 aliphatic heterocycles. The lowest BCUT2D eigenvalue weighted by Crippen LogP contribution is -2.16. The lowest BCUT2D eigenvalue weighted by molar-refractivity contribution is 0.102. The summed E-state index contributed by atoms with van der Waals surface area (Å²) in [6, 6.07) is 16.3. The summed E-state index contributed by atoms with van der Waals surface area (Å²) in [4.78, 5) is 21.1. The number of para-hydroxylation sites is 1. The quantitative estimate of drug-likeness (QED) is 0.661. The van der Waals surface area contributed by atoms with Gasteiger partial charge in [-0.2, -0.15) is 0 Å². The normalized spacial score (nSPS) is 10.4. The smallest absolute Gasteiger partial charge is 0.275 e. The Kier molecular flexibility index (Phi) is 6.15. The summed E-state index contributed by atoms with van der Waals surface area (Å²) in [5.74, 6) is 0.412. The van der Waals surface area contributed by atoms with Gasteiger partial charge in [-0.1, -0.05) is 55.5 Å². The molecule has 0 spiro atoms. The fourth-order valence-corrected chi connectivity index (χ4v) is 2.90. The van der Waals surface area contributed by atoms with Gasteiger partial charge >= 0.3 is 0 Å². The van der Waals surface area contributed by atoms with Gasteiger partial charge in [-0.05, 0) is 36.5 Å². The minimum atomic E-state index is -0.248. The van der Waals surface area contributed by atoms with Gasteiger partial charge < -0.3 is 10.6 Å². The highest BCUT2D eigenvalue weighted by molar-refractivity contribution is 6.03. The first-order valence-electron chi connectivity index (χ1n) is 9.17. The van der Waals surface area contributed by atoms with E-state index in [1.54, 1.807) is 6.20 Å². The van der Waals surface area contributed by atoms with E-state index in [9.17, 15) is 4.79 Å². The van der Waals surface area contributed by atoms with Gasteiger partial charge in [0.15, 0.2) is 0 Å². The van der Waals surface area contributed by atoms with Crippen LogP contribution in [0.15, 0.2) is 60.9 Å². The Balaban J connectivity index is 1.59. The van der Waals surface area contributed by atoms with E-state index >= 15 is 0 Å². The van der Waals surface area contributed by atoms with Crippen molar-refractivity contribution < 1.29 is 4.79 Å². The van der Waals surface area contributed by atoms with Crippen LogP contribution in [0, 0.1) is 6.92 Å². The van der Waals surface area contributed by atoms with E-state index in [-0.39, 0.29) is 5.91 Å². The van der Waals surface area contributed by atoms with Crippen molar-refractivity contribution in [2.45, 2.75) is 26.7 Å². The third-order valence-electron chi connectivity index (χ3n) is 4.43. The van der Waals surface area contributed by atoms with Crippen molar-refractivity contribution in [2.75, 3.05) is 17.2 Å². The first-order valence-corrected chi connectivity index (χ1v) is 9.17. The Labute approximate surface area is 159 Å². The molecule has 27 heavy (non-hydrogen) atoms. The molecule has 5 nitrogen and oxygen atoms in total. The molecular formula is C22H24N4O. The van der Waals surface area contributed by atoms with Gasteiger partial charge in [-0.3, -0.25) is 4.79 Å². The Hall–Kier alpha value is -3.21. The third-order valence-corrected chi connectivity index (χ3v) is 4.43. The van der Waals surface area contributed by atoms with Crippen molar-refractivity contribution in [1.29, 1.82) is 0 Å². The second kappa shape index (κ2) is 8.94. The van der Waals surface area contributed by atoms with Crippen molar-refractivity contribution in [3.05, 3.63) is 83.3 Å². The number of carbonyl (C=O) groups is 1. The Bertz CT molecular complexity index is 892. The fraction of sp³-hybridized carbons (Fsp3) is 0.227. The number of carbonyl (C=O) groups excluding carboxylic acids is 1. The molecule has 1 heterocycles. The number of aryl methyl sites for hydroxylation is 2. The topological polar surface area (TPSA) is 66.9 Å². The molecule has 1 aromatic heterocycles. The number of anilines is 2. The predicted octanol–water partition coefficient (Wildman–Crippen LogP) is 4.25. The summed E-state index contributed by atoms with van der Waals surface area (Å²) in [7, 11) is 0. The fourth-order valence-electron chi connectivity index (χ4n) is 2.90. The second-order valence-electron chi connectivity index (χ2n) is 6.37. The highest BCUT2D eigenvalue weighted by Gasteiger charge is 2.12. The number of hydrogen-bond donors (Lipinski definition) is 2. The average molecular weight is 360 g/mol. The molecule has 138 valence electrons. The summed E-state index contributed by atoms with van der Waals surface area (Å²) in [6.45, 7) is 4.81. The minimum absolute atomic E-state index is 0.248. The number of hydrogen-bond acceptors (Lipinski definition) is 4. The zero-order valence-corrected chi connectivity index (χ0v) is 15.7. The Morgan fingerprint density at radius 2 is 1.81 bits per heavy atom. The van der Waals surface area contributed by atoms with Crippen LogP contribution in [0.2, 0.25) is 0 Å². The summed E-state index contributed by atoms with van der Waals surface area (Å²) >= 11 is 0. The number of nitrogens with zero attached hydrogens (tertiary/aromatic N) is 2. The molecule has 0 aliphatic carbocycles. The molecule has 0 bridgehead atoms. The summed E-state index contributed by atoms with van der Waals surface area (Å²) in [6.07, 6.45) is 4.85. The van der Waals surface area contributed by atoms with Crippen LogP contribution in [0.25, 0.3) is 0 Å². The van der Waals surface area contributed by atoms with Crippen LogP contribution < -0.4 is 10.6 Å². The van der Waals surface area contributed by atoms with Crippen LogP contribution in [0.3, 0.4) is 0 Å². The predicted molar refractivity (Wildman–Crippen MR) is 109 cm³/mol. The molecular weight excluding hydrogens is 336 g/mol. The van der Waals surface area contributed by atoms with Crippen molar-refractivity contribution in [3.8, 4) is 0 Å². The molecule has 0 radical (unpaired) electrons. The van der Waals surface area contributed by atoms with E-state index in [2.05, 4.69) is 39.7 Å². The molecule has 1 amide bonds. The van der Waals surface area contributed by atoms with E-state index in [4.69, 9.17) is 0 Å². The van der Waals surface area contributed by atoms with Crippen LogP contribution in [0.5, 0.6) is 0 Å². The van der Waals surface area contributed by atoms with Crippen LogP contribution in [-0.2, 0) is 12.8 Å². The summed E-state index contributed by atoms with van der Waals surface area (Å²) in [5, 5.41) is 6.20. The van der Waals surface area contributed by atoms with Gasteiger partial charge in [0.25, 0.3) is 5.91 Å². The molecule has 0 fully saturated rings. The monoisotopic (exact) mass is 360 g/mol. The lowest BCUT2D eigenvalue weighted by atomic mass is 10.1. The molecule has 3 rings (SSSR count). The number of amides is 1. The van der Waals surface area contributed by atoms with Crippen molar-refractivity contribution in [1.82, 2.24) is 9.97 Å². The number of benzene rings is 2. The van der Waals surface area contributed by atoms with Crippen LogP contribution in [-0.4, -0.2) is 22.4 Å². The van der Waals surface area contributed by atoms with E-state index < -0.39 is 0 Å². The number of rotatable bonds is 7. The molecule has 0 saturated heterocycles. The number of aromatic nitrogens is 2. The van der Waals surface area contributed by atoms with Crippen molar-refractivity contribution >= 4 is 17.4 Å². The van der Waals surface area contributed by atoms with Gasteiger partial charge in [-0.25, -0.2) is 9.97 Å². The van der Waals surface area contributed by atoms with Gasteiger partial charge in [0.1, 0.15) is 11.5 Å². The zero-order chi connectivity index (χ0) is 19.1. The van der Waals surface area contributed by atoms with E-state index in [1.807, 2.05) is 43.3 Å². The standard InChI is InChI=1S/C22H24N4O/c1-3-18-11-7-8-16(2)21(18)26-22(27)19-14-25-20(15-24-19)23-13-12-17-9-5-4-6-10-17/h4-11,14-15H,3,12-13H2,1-2H3,(H,23,25)(H,26,27).